The van der Waals surface area contributed by atoms with Crippen LogP contribution in [0.15, 0.2) is 42.6 Å². The molecule has 0 aliphatic carbocycles. The van der Waals surface area contributed by atoms with Gasteiger partial charge in [-0.05, 0) is 36.4 Å². The van der Waals surface area contributed by atoms with Gasteiger partial charge < -0.3 is 10.5 Å². The van der Waals surface area contributed by atoms with Crippen molar-refractivity contribution < 1.29 is 22.7 Å². The van der Waals surface area contributed by atoms with Gasteiger partial charge in [0.2, 0.25) is 0 Å². The molecule has 26 heavy (non-hydrogen) atoms. The normalized spacial score (nSPS) is 12.0. The van der Waals surface area contributed by atoms with E-state index in [-0.39, 0.29) is 11.4 Å². The molecule has 2 aromatic heterocycles. The predicted molar refractivity (Wildman–Crippen MR) is 85.9 cm³/mol. The number of H-pyrrole nitrogens is 1. The Hall–Kier alpha value is -3.56. The molecule has 2 heterocycles. The summed E-state index contributed by atoms with van der Waals surface area (Å²) in [5.74, 6) is -1.07. The van der Waals surface area contributed by atoms with Crippen molar-refractivity contribution in [2.45, 2.75) is 6.36 Å². The van der Waals surface area contributed by atoms with Gasteiger partial charge in [0, 0.05) is 10.8 Å². The van der Waals surface area contributed by atoms with Crippen LogP contribution in [0.2, 0.25) is 0 Å². The largest absolute Gasteiger partial charge is 0.573 e. The summed E-state index contributed by atoms with van der Waals surface area (Å²) in [6.07, 6.45) is -3.20. The number of carbonyl (C=O) groups excluding carboxylic acids is 1. The second-order valence-electron chi connectivity index (χ2n) is 5.46. The molecule has 0 fully saturated rings. The van der Waals surface area contributed by atoms with Gasteiger partial charge in [-0.25, -0.2) is 4.68 Å². The Morgan fingerprint density at radius 2 is 1.85 bits per heavy atom. The minimum Gasteiger partial charge on any atom is -0.406 e. The molecule has 0 unspecified atom stereocenters. The topological polar surface area (TPSA) is 98.8 Å². The van der Waals surface area contributed by atoms with Gasteiger partial charge in [-0.3, -0.25) is 9.89 Å². The number of amides is 1. The maximum Gasteiger partial charge on any atom is 0.573 e. The first-order chi connectivity index (χ1) is 12.3. The molecule has 2 aromatic carbocycles. The van der Waals surface area contributed by atoms with Crippen LogP contribution in [0.1, 0.15) is 10.5 Å². The molecule has 0 aliphatic heterocycles. The molecule has 0 aliphatic rings. The number of fused-ring (bicyclic) bond motifs is 3. The average molecular weight is 361 g/mol. The average Bonchev–Trinajstić information content (AvgIpc) is 3.17. The molecule has 0 saturated carbocycles. The number of nitrogens with two attached hydrogens (primary N) is 1. The third kappa shape index (κ3) is 2.61. The Labute approximate surface area is 143 Å². The van der Waals surface area contributed by atoms with E-state index in [0.717, 1.165) is 12.1 Å². The van der Waals surface area contributed by atoms with E-state index in [0.29, 0.717) is 27.5 Å². The highest BCUT2D eigenvalue weighted by Crippen LogP contribution is 2.30. The van der Waals surface area contributed by atoms with E-state index in [1.807, 2.05) is 0 Å². The molecule has 132 valence electrons. The molecule has 4 aromatic rings. The van der Waals surface area contributed by atoms with Crippen molar-refractivity contribution in [3.8, 4) is 11.4 Å². The minimum atomic E-state index is -4.78. The van der Waals surface area contributed by atoms with E-state index < -0.39 is 12.3 Å². The minimum absolute atomic E-state index is 0.0544. The van der Waals surface area contributed by atoms with Gasteiger partial charge in [0.25, 0.3) is 5.91 Å². The Morgan fingerprint density at radius 3 is 2.50 bits per heavy atom. The first-order valence-corrected chi connectivity index (χ1v) is 7.34. The summed E-state index contributed by atoms with van der Waals surface area (Å²) < 4.78 is 42.2. The fraction of sp³-hybridized carbons (Fsp3) is 0.0625. The van der Waals surface area contributed by atoms with E-state index >= 15 is 0 Å². The van der Waals surface area contributed by atoms with Crippen LogP contribution in [-0.2, 0) is 0 Å². The number of nitrogens with zero attached hydrogens (tertiary/aromatic N) is 3. The van der Waals surface area contributed by atoms with Crippen molar-refractivity contribution >= 4 is 27.7 Å². The fourth-order valence-corrected chi connectivity index (χ4v) is 2.78. The van der Waals surface area contributed by atoms with E-state index in [2.05, 4.69) is 20.0 Å². The zero-order valence-electron chi connectivity index (χ0n) is 12.9. The first kappa shape index (κ1) is 15.9. The number of aromatic amines is 1. The number of rotatable bonds is 3. The maximum absolute atomic E-state index is 12.3. The van der Waals surface area contributed by atoms with Crippen LogP contribution in [0.5, 0.6) is 5.75 Å². The molecule has 7 nitrogen and oxygen atoms in total. The van der Waals surface area contributed by atoms with Crippen molar-refractivity contribution in [3.63, 3.8) is 0 Å². The summed E-state index contributed by atoms with van der Waals surface area (Å²) in [5.41, 5.74) is 7.17. The lowest BCUT2D eigenvalue weighted by Crippen LogP contribution is -2.17. The van der Waals surface area contributed by atoms with E-state index in [4.69, 9.17) is 5.73 Å². The number of carbonyl (C=O) groups is 1. The fourth-order valence-electron chi connectivity index (χ4n) is 2.78. The molecule has 10 heteroatoms. The number of halogens is 3. The third-order valence-electron chi connectivity index (χ3n) is 3.81. The molecule has 0 spiro atoms. The summed E-state index contributed by atoms with van der Waals surface area (Å²) in [6.45, 7) is 0. The summed E-state index contributed by atoms with van der Waals surface area (Å²) >= 11 is 0. The van der Waals surface area contributed by atoms with Gasteiger partial charge >= 0.3 is 6.36 Å². The van der Waals surface area contributed by atoms with Gasteiger partial charge in [-0.2, -0.15) is 10.2 Å². The second kappa shape index (κ2) is 5.48. The molecule has 0 radical (unpaired) electrons. The number of hydrogen-bond donors (Lipinski definition) is 2. The summed E-state index contributed by atoms with van der Waals surface area (Å²) in [5, 5.41) is 12.2. The predicted octanol–water partition coefficient (Wildman–Crippen LogP) is 2.90. The molecule has 3 N–H and O–H groups in total. The number of aromatic nitrogens is 4. The molecule has 1 amide bonds. The Morgan fingerprint density at radius 1 is 1.12 bits per heavy atom. The van der Waals surface area contributed by atoms with Crippen LogP contribution < -0.4 is 10.5 Å². The second-order valence-corrected chi connectivity index (χ2v) is 5.46. The van der Waals surface area contributed by atoms with Crippen LogP contribution in [0, 0.1) is 0 Å². The lowest BCUT2D eigenvalue weighted by Gasteiger charge is -2.10. The van der Waals surface area contributed by atoms with Crippen LogP contribution in [-0.4, -0.2) is 32.2 Å². The zero-order chi connectivity index (χ0) is 18.5. The van der Waals surface area contributed by atoms with Crippen molar-refractivity contribution in [1.82, 2.24) is 20.0 Å². The van der Waals surface area contributed by atoms with Crippen molar-refractivity contribution in [1.29, 1.82) is 0 Å². The number of alkyl halides is 3. The number of nitrogens with one attached hydrogen (secondary N) is 1. The van der Waals surface area contributed by atoms with Crippen LogP contribution in [0.3, 0.4) is 0 Å². The monoisotopic (exact) mass is 361 g/mol. The summed E-state index contributed by atoms with van der Waals surface area (Å²) in [6, 6.07) is 8.55. The quantitative estimate of drug-likeness (QED) is 0.586. The number of ether oxygens (including phenoxy) is 1. The molecular formula is C16H10F3N5O2. The number of hydrogen-bond acceptors (Lipinski definition) is 4. The van der Waals surface area contributed by atoms with Gasteiger partial charge in [0.15, 0.2) is 5.69 Å². The smallest absolute Gasteiger partial charge is 0.406 e. The molecule has 0 atom stereocenters. The molecular weight excluding hydrogens is 351 g/mol. The highest BCUT2D eigenvalue weighted by Gasteiger charge is 2.31. The molecule has 0 saturated heterocycles. The van der Waals surface area contributed by atoms with Crippen LogP contribution in [0.25, 0.3) is 27.5 Å². The van der Waals surface area contributed by atoms with Crippen molar-refractivity contribution in [3.05, 3.63) is 48.3 Å². The van der Waals surface area contributed by atoms with Crippen LogP contribution >= 0.6 is 0 Å². The number of primary amides is 1. The van der Waals surface area contributed by atoms with Gasteiger partial charge in [0.05, 0.1) is 22.9 Å². The molecule has 0 bridgehead atoms. The van der Waals surface area contributed by atoms with Gasteiger partial charge in [-0.15, -0.1) is 13.2 Å². The highest BCUT2D eigenvalue weighted by molar-refractivity contribution is 6.12. The van der Waals surface area contributed by atoms with Crippen molar-refractivity contribution in [2.75, 3.05) is 0 Å². The first-order valence-electron chi connectivity index (χ1n) is 7.34. The maximum atomic E-state index is 12.3. The lowest BCUT2D eigenvalue weighted by molar-refractivity contribution is -0.274. The Kier molecular flexibility index (Phi) is 3.36. The SMILES string of the molecule is NC(=O)c1nn(-c2ccc(OC(F)(F)F)cc2)c2c1ccc1[nH]ncc12. The Bertz CT molecular complexity index is 1130. The summed E-state index contributed by atoms with van der Waals surface area (Å²) in [7, 11) is 0. The molecule has 4 rings (SSSR count). The van der Waals surface area contributed by atoms with Gasteiger partial charge in [0.1, 0.15) is 5.75 Å². The van der Waals surface area contributed by atoms with Crippen LogP contribution in [0.4, 0.5) is 13.2 Å². The zero-order valence-corrected chi connectivity index (χ0v) is 12.9. The van der Waals surface area contributed by atoms with Crippen molar-refractivity contribution in [2.24, 2.45) is 5.73 Å². The van der Waals surface area contributed by atoms with E-state index in [1.165, 1.54) is 16.8 Å². The standard InChI is InChI=1S/C16H10F3N5O2/c17-16(18,19)26-9-3-1-8(2-4-9)24-14-10(13(23-24)15(20)25)5-6-12-11(14)7-21-22-12/h1-7H,(H2,20,25)(H,21,22). The van der Waals surface area contributed by atoms with E-state index in [1.54, 1.807) is 18.3 Å². The highest BCUT2D eigenvalue weighted by atomic mass is 19.4. The van der Waals surface area contributed by atoms with Gasteiger partial charge in [-0.1, -0.05) is 0 Å². The lowest BCUT2D eigenvalue weighted by atomic mass is 10.1. The Balaban J connectivity index is 1.91. The number of benzene rings is 2. The summed E-state index contributed by atoms with van der Waals surface area (Å²) in [4.78, 5) is 11.7. The van der Waals surface area contributed by atoms with E-state index in [9.17, 15) is 18.0 Å². The third-order valence-corrected chi connectivity index (χ3v) is 3.81.